The molecule has 8 heteroatoms. The molecule has 0 unspecified atom stereocenters. The van der Waals surface area contributed by atoms with Crippen LogP contribution in [0.5, 0.6) is 11.5 Å². The second-order valence-corrected chi connectivity index (χ2v) is 8.52. The van der Waals surface area contributed by atoms with Crippen LogP contribution in [0.3, 0.4) is 0 Å². The van der Waals surface area contributed by atoms with Gasteiger partial charge in [0, 0.05) is 37.1 Å². The lowest BCUT2D eigenvalue weighted by Crippen LogP contribution is -2.40. The van der Waals surface area contributed by atoms with Crippen molar-refractivity contribution in [2.75, 3.05) is 31.1 Å². The Bertz CT molecular complexity index is 1140. The molecule has 0 radical (unpaired) electrons. The molecule has 1 saturated carbocycles. The molecule has 1 amide bonds. The summed E-state index contributed by atoms with van der Waals surface area (Å²) in [5, 5.41) is 7.71. The highest BCUT2D eigenvalue weighted by Crippen LogP contribution is 2.32. The standard InChI is InChI=1S/C24H27N5O3/c1-29(2)22-18-5-3-4-6-19(18)27-24(28-22)26-17-10-8-16(9-11-17)25-23(30)15-7-12-20-21(13-15)32-14-31-20/h3-7,12-13,16-17H,8-11,14H2,1-2H3,(H,25,30)(H,26,27,28)/t16-,17+. The van der Waals surface area contributed by atoms with Gasteiger partial charge in [-0.2, -0.15) is 4.98 Å². The quantitative estimate of drug-likeness (QED) is 0.636. The fourth-order valence-corrected chi connectivity index (χ4v) is 4.34. The lowest BCUT2D eigenvalue weighted by atomic mass is 9.91. The zero-order valence-corrected chi connectivity index (χ0v) is 18.3. The Morgan fingerprint density at radius 3 is 2.53 bits per heavy atom. The van der Waals surface area contributed by atoms with Crippen molar-refractivity contribution in [1.29, 1.82) is 0 Å². The fraction of sp³-hybridized carbons (Fsp3) is 0.375. The van der Waals surface area contributed by atoms with Gasteiger partial charge in [0.2, 0.25) is 12.7 Å². The summed E-state index contributed by atoms with van der Waals surface area (Å²) in [5.74, 6) is 2.79. The van der Waals surface area contributed by atoms with E-state index in [1.165, 1.54) is 0 Å². The fourth-order valence-electron chi connectivity index (χ4n) is 4.34. The highest BCUT2D eigenvalue weighted by molar-refractivity contribution is 5.95. The predicted octanol–water partition coefficient (Wildman–Crippen LogP) is 3.58. The number of nitrogens with zero attached hydrogens (tertiary/aromatic N) is 3. The average molecular weight is 434 g/mol. The number of aromatic nitrogens is 2. The third kappa shape index (κ3) is 4.12. The first-order valence-electron chi connectivity index (χ1n) is 11.0. The molecular formula is C24H27N5O3. The van der Waals surface area contributed by atoms with Crippen molar-refractivity contribution < 1.29 is 14.3 Å². The molecule has 1 aliphatic heterocycles. The highest BCUT2D eigenvalue weighted by Gasteiger charge is 2.24. The normalized spacial score (nSPS) is 19.6. The molecule has 0 spiro atoms. The van der Waals surface area contributed by atoms with E-state index in [1.54, 1.807) is 18.2 Å². The Kier molecular flexibility index (Phi) is 5.43. The number of nitrogens with one attached hydrogen (secondary N) is 2. The summed E-state index contributed by atoms with van der Waals surface area (Å²) >= 11 is 0. The number of hydrogen-bond acceptors (Lipinski definition) is 7. The van der Waals surface area contributed by atoms with Crippen molar-refractivity contribution in [1.82, 2.24) is 15.3 Å². The minimum atomic E-state index is -0.0757. The first-order chi connectivity index (χ1) is 15.6. The average Bonchev–Trinajstić information content (AvgIpc) is 3.27. The zero-order chi connectivity index (χ0) is 22.1. The molecule has 166 valence electrons. The number of ether oxygens (including phenoxy) is 2. The van der Waals surface area contributed by atoms with E-state index < -0.39 is 0 Å². The van der Waals surface area contributed by atoms with Gasteiger partial charge in [0.1, 0.15) is 5.82 Å². The zero-order valence-electron chi connectivity index (χ0n) is 18.3. The third-order valence-corrected chi connectivity index (χ3v) is 6.04. The molecule has 32 heavy (non-hydrogen) atoms. The molecule has 2 heterocycles. The van der Waals surface area contributed by atoms with Crippen molar-refractivity contribution in [2.45, 2.75) is 37.8 Å². The lowest BCUT2D eigenvalue weighted by Gasteiger charge is -2.30. The van der Waals surface area contributed by atoms with Gasteiger partial charge in [-0.1, -0.05) is 12.1 Å². The van der Waals surface area contributed by atoms with E-state index >= 15 is 0 Å². The van der Waals surface area contributed by atoms with Crippen LogP contribution in [0.25, 0.3) is 10.9 Å². The van der Waals surface area contributed by atoms with E-state index in [0.717, 1.165) is 42.4 Å². The second kappa shape index (κ2) is 8.53. The van der Waals surface area contributed by atoms with E-state index in [-0.39, 0.29) is 24.8 Å². The number of para-hydroxylation sites is 1. The monoisotopic (exact) mass is 433 g/mol. The number of hydrogen-bond donors (Lipinski definition) is 2. The van der Waals surface area contributed by atoms with Crippen LogP contribution in [0.15, 0.2) is 42.5 Å². The molecule has 8 nitrogen and oxygen atoms in total. The van der Waals surface area contributed by atoms with Crippen LogP contribution >= 0.6 is 0 Å². The minimum absolute atomic E-state index is 0.0757. The summed E-state index contributed by atoms with van der Waals surface area (Å²) < 4.78 is 10.7. The van der Waals surface area contributed by atoms with E-state index in [0.29, 0.717) is 23.0 Å². The largest absolute Gasteiger partial charge is 0.454 e. The maximum absolute atomic E-state index is 12.7. The molecule has 0 atom stereocenters. The van der Waals surface area contributed by atoms with Crippen molar-refractivity contribution >= 4 is 28.6 Å². The maximum Gasteiger partial charge on any atom is 0.251 e. The lowest BCUT2D eigenvalue weighted by molar-refractivity contribution is 0.0926. The van der Waals surface area contributed by atoms with Crippen molar-refractivity contribution in [2.24, 2.45) is 0 Å². The molecule has 0 saturated heterocycles. The van der Waals surface area contributed by atoms with Crippen LogP contribution < -0.4 is 25.0 Å². The molecule has 3 aromatic rings. The SMILES string of the molecule is CN(C)c1nc(N[C@H]2CC[C@@H](NC(=O)c3ccc4c(c3)OCO4)CC2)nc2ccccc12. The number of carbonyl (C=O) groups excluding carboxylic acids is 1. The number of amides is 1. The molecule has 0 bridgehead atoms. The summed E-state index contributed by atoms with van der Waals surface area (Å²) in [6.07, 6.45) is 3.70. The summed E-state index contributed by atoms with van der Waals surface area (Å²) in [4.78, 5) is 24.1. The molecular weight excluding hydrogens is 406 g/mol. The molecule has 1 fully saturated rings. The molecule has 5 rings (SSSR count). The van der Waals surface area contributed by atoms with Crippen LogP contribution in [0, 0.1) is 0 Å². The van der Waals surface area contributed by atoms with Gasteiger partial charge in [0.15, 0.2) is 11.5 Å². The van der Waals surface area contributed by atoms with Gasteiger partial charge >= 0.3 is 0 Å². The molecule has 1 aromatic heterocycles. The molecule has 2 aromatic carbocycles. The van der Waals surface area contributed by atoms with Crippen molar-refractivity contribution in [3.63, 3.8) is 0 Å². The smallest absolute Gasteiger partial charge is 0.251 e. The Hall–Kier alpha value is -3.55. The van der Waals surface area contributed by atoms with Crippen molar-refractivity contribution in [3.05, 3.63) is 48.0 Å². The minimum Gasteiger partial charge on any atom is -0.454 e. The summed E-state index contributed by atoms with van der Waals surface area (Å²) in [7, 11) is 3.99. The van der Waals surface area contributed by atoms with Crippen LogP contribution in [-0.4, -0.2) is 48.8 Å². The van der Waals surface area contributed by atoms with Crippen LogP contribution in [0.2, 0.25) is 0 Å². The Labute approximate surface area is 186 Å². The van der Waals surface area contributed by atoms with Crippen LogP contribution in [0.4, 0.5) is 11.8 Å². The Morgan fingerprint density at radius 2 is 1.72 bits per heavy atom. The summed E-state index contributed by atoms with van der Waals surface area (Å²) in [5.41, 5.74) is 1.52. The summed E-state index contributed by atoms with van der Waals surface area (Å²) in [6, 6.07) is 13.8. The third-order valence-electron chi connectivity index (χ3n) is 6.04. The number of benzene rings is 2. The molecule has 2 N–H and O–H groups in total. The first kappa shape index (κ1) is 20.4. The summed E-state index contributed by atoms with van der Waals surface area (Å²) in [6.45, 7) is 0.203. The number of carbonyl (C=O) groups is 1. The number of anilines is 2. The molecule has 1 aliphatic carbocycles. The maximum atomic E-state index is 12.7. The first-order valence-corrected chi connectivity index (χ1v) is 11.0. The Balaban J connectivity index is 1.19. The van der Waals surface area contributed by atoms with Crippen molar-refractivity contribution in [3.8, 4) is 11.5 Å². The highest BCUT2D eigenvalue weighted by atomic mass is 16.7. The van der Waals surface area contributed by atoms with E-state index in [2.05, 4.69) is 10.6 Å². The van der Waals surface area contributed by atoms with Crippen LogP contribution in [-0.2, 0) is 0 Å². The van der Waals surface area contributed by atoms with Gasteiger partial charge in [0.05, 0.1) is 5.52 Å². The van der Waals surface area contributed by atoms with E-state index in [1.807, 2.05) is 43.3 Å². The second-order valence-electron chi connectivity index (χ2n) is 8.52. The number of rotatable bonds is 5. The van der Waals surface area contributed by atoms with E-state index in [9.17, 15) is 4.79 Å². The van der Waals surface area contributed by atoms with Gasteiger partial charge in [-0.25, -0.2) is 4.98 Å². The van der Waals surface area contributed by atoms with E-state index in [4.69, 9.17) is 19.4 Å². The predicted molar refractivity (Wildman–Crippen MR) is 124 cm³/mol. The van der Waals surface area contributed by atoms with Crippen LogP contribution in [0.1, 0.15) is 36.0 Å². The van der Waals surface area contributed by atoms with Gasteiger partial charge in [-0.15, -0.1) is 0 Å². The van der Waals surface area contributed by atoms with Gasteiger partial charge in [-0.3, -0.25) is 4.79 Å². The van der Waals surface area contributed by atoms with Gasteiger partial charge in [0.25, 0.3) is 5.91 Å². The topological polar surface area (TPSA) is 88.6 Å². The molecule has 2 aliphatic rings. The number of fused-ring (bicyclic) bond motifs is 2. The van der Waals surface area contributed by atoms with Gasteiger partial charge in [-0.05, 0) is 56.0 Å². The van der Waals surface area contributed by atoms with Gasteiger partial charge < -0.3 is 25.0 Å². The Morgan fingerprint density at radius 1 is 0.969 bits per heavy atom.